The second-order valence-corrected chi connectivity index (χ2v) is 4.32. The molecule has 2 rings (SSSR count). The van der Waals surface area contributed by atoms with E-state index in [9.17, 15) is 4.79 Å². The summed E-state index contributed by atoms with van der Waals surface area (Å²) in [6, 6.07) is 10.9. The molecule has 0 atom stereocenters. The SMILES string of the molecule is CCCCOc1ccc(-c2ccc(C(=O)O)[nH]2)cc1. The van der Waals surface area contributed by atoms with Crippen LogP contribution in [0.3, 0.4) is 0 Å². The number of aromatic amines is 1. The summed E-state index contributed by atoms with van der Waals surface area (Å²) in [4.78, 5) is 13.7. The first kappa shape index (κ1) is 13.2. The molecule has 0 aliphatic rings. The quantitative estimate of drug-likeness (QED) is 0.780. The molecule has 0 spiro atoms. The van der Waals surface area contributed by atoms with Gasteiger partial charge in [-0.1, -0.05) is 13.3 Å². The molecule has 0 unspecified atom stereocenters. The van der Waals surface area contributed by atoms with Crippen LogP contribution in [0.15, 0.2) is 36.4 Å². The average molecular weight is 259 g/mol. The van der Waals surface area contributed by atoms with Gasteiger partial charge in [0.2, 0.25) is 0 Å². The van der Waals surface area contributed by atoms with Gasteiger partial charge in [0.1, 0.15) is 11.4 Å². The molecule has 1 aromatic heterocycles. The fourth-order valence-corrected chi connectivity index (χ4v) is 1.75. The van der Waals surface area contributed by atoms with Crippen LogP contribution in [0.5, 0.6) is 5.75 Å². The monoisotopic (exact) mass is 259 g/mol. The largest absolute Gasteiger partial charge is 0.494 e. The maximum Gasteiger partial charge on any atom is 0.352 e. The van der Waals surface area contributed by atoms with E-state index in [1.807, 2.05) is 24.3 Å². The smallest absolute Gasteiger partial charge is 0.352 e. The molecule has 0 aliphatic heterocycles. The lowest BCUT2D eigenvalue weighted by molar-refractivity contribution is 0.0691. The molecule has 19 heavy (non-hydrogen) atoms. The van der Waals surface area contributed by atoms with Gasteiger partial charge in [0, 0.05) is 5.69 Å². The molecule has 4 heteroatoms. The maximum atomic E-state index is 10.8. The van der Waals surface area contributed by atoms with Gasteiger partial charge in [-0.25, -0.2) is 4.79 Å². The summed E-state index contributed by atoms with van der Waals surface area (Å²) in [5.41, 5.74) is 1.92. The molecule has 100 valence electrons. The lowest BCUT2D eigenvalue weighted by atomic mass is 10.1. The number of benzene rings is 1. The number of rotatable bonds is 6. The number of carboxylic acids is 1. The van der Waals surface area contributed by atoms with E-state index in [2.05, 4.69) is 11.9 Å². The van der Waals surface area contributed by atoms with E-state index in [1.165, 1.54) is 0 Å². The molecule has 0 fully saturated rings. The van der Waals surface area contributed by atoms with E-state index in [-0.39, 0.29) is 5.69 Å². The van der Waals surface area contributed by atoms with Gasteiger partial charge in [-0.15, -0.1) is 0 Å². The molecular weight excluding hydrogens is 242 g/mol. The van der Waals surface area contributed by atoms with Crippen molar-refractivity contribution in [3.05, 3.63) is 42.1 Å². The first-order valence-corrected chi connectivity index (χ1v) is 6.36. The van der Waals surface area contributed by atoms with Gasteiger partial charge in [0.25, 0.3) is 0 Å². The first-order valence-electron chi connectivity index (χ1n) is 6.36. The van der Waals surface area contributed by atoms with E-state index in [4.69, 9.17) is 9.84 Å². The molecule has 0 radical (unpaired) electrons. The topological polar surface area (TPSA) is 62.3 Å². The Morgan fingerprint density at radius 1 is 1.21 bits per heavy atom. The Balaban J connectivity index is 2.06. The zero-order chi connectivity index (χ0) is 13.7. The number of carbonyl (C=O) groups is 1. The van der Waals surface area contributed by atoms with E-state index >= 15 is 0 Å². The van der Waals surface area contributed by atoms with Gasteiger partial charge in [-0.2, -0.15) is 0 Å². The van der Waals surface area contributed by atoms with Gasteiger partial charge in [-0.05, 0) is 48.4 Å². The molecule has 1 heterocycles. The zero-order valence-electron chi connectivity index (χ0n) is 10.8. The summed E-state index contributed by atoms with van der Waals surface area (Å²) in [6.07, 6.45) is 2.15. The van der Waals surface area contributed by atoms with Gasteiger partial charge < -0.3 is 14.8 Å². The van der Waals surface area contributed by atoms with Crippen molar-refractivity contribution in [2.75, 3.05) is 6.61 Å². The van der Waals surface area contributed by atoms with Crippen molar-refractivity contribution in [1.29, 1.82) is 0 Å². The lowest BCUT2D eigenvalue weighted by Crippen LogP contribution is -1.96. The summed E-state index contributed by atoms with van der Waals surface area (Å²) in [7, 11) is 0. The highest BCUT2D eigenvalue weighted by atomic mass is 16.5. The first-order chi connectivity index (χ1) is 9.20. The minimum absolute atomic E-state index is 0.193. The number of carboxylic acid groups (broad SMARTS) is 1. The van der Waals surface area contributed by atoms with Crippen LogP contribution < -0.4 is 4.74 Å². The maximum absolute atomic E-state index is 10.8. The van der Waals surface area contributed by atoms with Gasteiger partial charge >= 0.3 is 5.97 Å². The van der Waals surface area contributed by atoms with Crippen molar-refractivity contribution in [3.63, 3.8) is 0 Å². The minimum atomic E-state index is -0.953. The molecule has 0 saturated carbocycles. The van der Waals surface area contributed by atoms with Crippen molar-refractivity contribution in [1.82, 2.24) is 4.98 Å². The Labute approximate surface area is 112 Å². The van der Waals surface area contributed by atoms with E-state index in [0.717, 1.165) is 36.5 Å². The molecule has 2 N–H and O–H groups in total. The molecular formula is C15H17NO3. The molecule has 0 saturated heterocycles. The second kappa shape index (κ2) is 6.09. The molecule has 0 amide bonds. The normalized spacial score (nSPS) is 10.4. The van der Waals surface area contributed by atoms with Crippen LogP contribution in [0.4, 0.5) is 0 Å². The number of hydrogen-bond donors (Lipinski definition) is 2. The predicted molar refractivity (Wildman–Crippen MR) is 73.6 cm³/mol. The van der Waals surface area contributed by atoms with Crippen LogP contribution in [0, 0.1) is 0 Å². The van der Waals surface area contributed by atoms with Crippen LogP contribution in [-0.4, -0.2) is 22.7 Å². The van der Waals surface area contributed by atoms with Crippen molar-refractivity contribution in [3.8, 4) is 17.0 Å². The van der Waals surface area contributed by atoms with Crippen LogP contribution in [0.1, 0.15) is 30.3 Å². The highest BCUT2D eigenvalue weighted by Crippen LogP contribution is 2.22. The number of ether oxygens (including phenoxy) is 1. The second-order valence-electron chi connectivity index (χ2n) is 4.32. The van der Waals surface area contributed by atoms with Crippen molar-refractivity contribution >= 4 is 5.97 Å². The van der Waals surface area contributed by atoms with Crippen molar-refractivity contribution in [2.24, 2.45) is 0 Å². The zero-order valence-corrected chi connectivity index (χ0v) is 10.8. The molecule has 2 aromatic rings. The molecule has 4 nitrogen and oxygen atoms in total. The van der Waals surface area contributed by atoms with Crippen LogP contribution in [0.25, 0.3) is 11.3 Å². The third-order valence-corrected chi connectivity index (χ3v) is 2.85. The molecule has 1 aromatic carbocycles. The van der Waals surface area contributed by atoms with Crippen molar-refractivity contribution < 1.29 is 14.6 Å². The fourth-order valence-electron chi connectivity index (χ4n) is 1.75. The Hall–Kier alpha value is -2.23. The number of aromatic carboxylic acids is 1. The fraction of sp³-hybridized carbons (Fsp3) is 0.267. The number of aromatic nitrogens is 1. The van der Waals surface area contributed by atoms with E-state index in [0.29, 0.717) is 0 Å². The Morgan fingerprint density at radius 3 is 2.53 bits per heavy atom. The summed E-state index contributed by atoms with van der Waals surface area (Å²) in [6.45, 7) is 2.85. The number of unbranched alkanes of at least 4 members (excludes halogenated alkanes) is 1. The molecule has 0 bridgehead atoms. The van der Waals surface area contributed by atoms with E-state index in [1.54, 1.807) is 12.1 Å². The number of hydrogen-bond acceptors (Lipinski definition) is 2. The lowest BCUT2D eigenvalue weighted by Gasteiger charge is -2.05. The Morgan fingerprint density at radius 2 is 1.95 bits per heavy atom. The van der Waals surface area contributed by atoms with E-state index < -0.39 is 5.97 Å². The Kier molecular flexibility index (Phi) is 4.23. The van der Waals surface area contributed by atoms with Crippen molar-refractivity contribution in [2.45, 2.75) is 19.8 Å². The third-order valence-electron chi connectivity index (χ3n) is 2.85. The van der Waals surface area contributed by atoms with Gasteiger partial charge in [-0.3, -0.25) is 0 Å². The van der Waals surface area contributed by atoms with Crippen LogP contribution >= 0.6 is 0 Å². The summed E-state index contributed by atoms with van der Waals surface area (Å²) < 4.78 is 5.58. The summed E-state index contributed by atoms with van der Waals surface area (Å²) in [5, 5.41) is 8.86. The number of H-pyrrole nitrogens is 1. The van der Waals surface area contributed by atoms with Gasteiger partial charge in [0.05, 0.1) is 6.61 Å². The third kappa shape index (κ3) is 3.37. The Bertz CT molecular complexity index is 543. The van der Waals surface area contributed by atoms with Crippen LogP contribution in [-0.2, 0) is 0 Å². The molecule has 0 aliphatic carbocycles. The average Bonchev–Trinajstić information content (AvgIpc) is 2.90. The van der Waals surface area contributed by atoms with Crippen LogP contribution in [0.2, 0.25) is 0 Å². The highest BCUT2D eigenvalue weighted by molar-refractivity contribution is 5.86. The standard InChI is InChI=1S/C15H17NO3/c1-2-3-10-19-12-6-4-11(5-7-12)13-8-9-14(16-13)15(17)18/h4-9,16H,2-3,10H2,1H3,(H,17,18). The van der Waals surface area contributed by atoms with Gasteiger partial charge in [0.15, 0.2) is 0 Å². The highest BCUT2D eigenvalue weighted by Gasteiger charge is 2.07. The summed E-state index contributed by atoms with van der Waals surface area (Å²) in [5.74, 6) is -0.118. The number of nitrogens with one attached hydrogen (secondary N) is 1. The predicted octanol–water partition coefficient (Wildman–Crippen LogP) is 3.56. The minimum Gasteiger partial charge on any atom is -0.494 e. The summed E-state index contributed by atoms with van der Waals surface area (Å²) >= 11 is 0.